The van der Waals surface area contributed by atoms with Gasteiger partial charge in [0, 0.05) is 17.7 Å². The fourth-order valence-corrected chi connectivity index (χ4v) is 1.49. The molecule has 2 nitrogen and oxygen atoms in total. The normalized spacial score (nSPS) is 30.0. The molecular weight excluding hydrogens is 114 g/mol. The second-order valence-corrected chi connectivity index (χ2v) is 3.13. The molecule has 1 spiro atoms. The first-order valence-corrected chi connectivity index (χ1v) is 3.30. The molecule has 0 aromatic rings. The molecule has 0 saturated carbocycles. The van der Waals surface area contributed by atoms with Crippen molar-refractivity contribution in [3.8, 4) is 0 Å². The van der Waals surface area contributed by atoms with Gasteiger partial charge in [0.25, 0.3) is 0 Å². The van der Waals surface area contributed by atoms with Crippen molar-refractivity contribution in [1.82, 2.24) is 5.32 Å². The van der Waals surface area contributed by atoms with Crippen molar-refractivity contribution >= 4 is 0 Å². The van der Waals surface area contributed by atoms with Crippen molar-refractivity contribution in [2.45, 2.75) is 6.42 Å². The Bertz CT molecular complexity index is 149. The maximum absolute atomic E-state index is 5.13. The van der Waals surface area contributed by atoms with Crippen LogP contribution >= 0.6 is 0 Å². The van der Waals surface area contributed by atoms with E-state index in [0.29, 0.717) is 5.41 Å². The van der Waals surface area contributed by atoms with Gasteiger partial charge in [-0.25, -0.2) is 0 Å². The predicted octanol–water partition coefficient (Wildman–Crippen LogP) is 0.510. The summed E-state index contributed by atoms with van der Waals surface area (Å²) in [5.74, 6) is 0. The summed E-state index contributed by atoms with van der Waals surface area (Å²) >= 11 is 0. The van der Waals surface area contributed by atoms with E-state index in [0.717, 1.165) is 26.2 Å². The van der Waals surface area contributed by atoms with Crippen molar-refractivity contribution < 1.29 is 4.74 Å². The smallest absolute Gasteiger partial charge is 0.0565 e. The van der Waals surface area contributed by atoms with Crippen LogP contribution in [-0.4, -0.2) is 19.8 Å². The zero-order valence-electron chi connectivity index (χ0n) is 5.44. The summed E-state index contributed by atoms with van der Waals surface area (Å²) < 4.78 is 5.13. The van der Waals surface area contributed by atoms with Crippen LogP contribution in [0.3, 0.4) is 0 Å². The highest BCUT2D eigenvalue weighted by Gasteiger charge is 2.42. The van der Waals surface area contributed by atoms with E-state index >= 15 is 0 Å². The Morgan fingerprint density at radius 2 is 2.33 bits per heavy atom. The van der Waals surface area contributed by atoms with Crippen LogP contribution in [0.2, 0.25) is 0 Å². The molecule has 2 rings (SSSR count). The number of hydrogen-bond donors (Lipinski definition) is 1. The van der Waals surface area contributed by atoms with E-state index in [2.05, 4.69) is 11.9 Å². The average Bonchev–Trinajstić information content (AvgIpc) is 2.09. The first-order valence-electron chi connectivity index (χ1n) is 3.30. The highest BCUT2D eigenvalue weighted by Crippen LogP contribution is 2.36. The van der Waals surface area contributed by atoms with Gasteiger partial charge in [-0.2, -0.15) is 0 Å². The second-order valence-electron chi connectivity index (χ2n) is 3.13. The molecule has 0 aliphatic carbocycles. The molecule has 0 unspecified atom stereocenters. The highest BCUT2D eigenvalue weighted by molar-refractivity contribution is 5.09. The maximum Gasteiger partial charge on any atom is 0.0565 e. The molecule has 0 aromatic carbocycles. The van der Waals surface area contributed by atoms with Crippen LogP contribution in [0.4, 0.5) is 0 Å². The monoisotopic (exact) mass is 125 g/mol. The number of ether oxygens (including phenoxy) is 1. The van der Waals surface area contributed by atoms with Gasteiger partial charge in [0.05, 0.1) is 13.2 Å². The van der Waals surface area contributed by atoms with E-state index < -0.39 is 0 Å². The maximum atomic E-state index is 5.13. The zero-order valence-corrected chi connectivity index (χ0v) is 5.44. The minimum atomic E-state index is 0.455. The molecule has 2 aliphatic rings. The lowest BCUT2D eigenvalue weighted by Gasteiger charge is -2.36. The Hall–Kier alpha value is -0.500. The van der Waals surface area contributed by atoms with Crippen LogP contribution in [0.25, 0.3) is 0 Å². The van der Waals surface area contributed by atoms with E-state index in [4.69, 9.17) is 4.74 Å². The van der Waals surface area contributed by atoms with Gasteiger partial charge in [-0.05, 0) is 6.42 Å². The van der Waals surface area contributed by atoms with Crippen molar-refractivity contribution in [1.29, 1.82) is 0 Å². The van der Waals surface area contributed by atoms with Gasteiger partial charge in [0.15, 0.2) is 0 Å². The van der Waals surface area contributed by atoms with E-state index in [-0.39, 0.29) is 0 Å². The van der Waals surface area contributed by atoms with Crippen molar-refractivity contribution in [2.75, 3.05) is 19.8 Å². The van der Waals surface area contributed by atoms with Crippen LogP contribution in [-0.2, 0) is 4.74 Å². The van der Waals surface area contributed by atoms with Crippen LogP contribution in [0.15, 0.2) is 12.3 Å². The summed E-state index contributed by atoms with van der Waals surface area (Å²) in [6, 6.07) is 0. The van der Waals surface area contributed by atoms with Crippen molar-refractivity contribution in [2.24, 2.45) is 5.41 Å². The van der Waals surface area contributed by atoms with Gasteiger partial charge in [-0.15, -0.1) is 0 Å². The first-order chi connectivity index (χ1) is 4.31. The van der Waals surface area contributed by atoms with E-state index in [1.165, 1.54) is 5.70 Å². The molecule has 0 radical (unpaired) electrons. The van der Waals surface area contributed by atoms with Gasteiger partial charge in [-0.3, -0.25) is 0 Å². The summed E-state index contributed by atoms with van der Waals surface area (Å²) in [4.78, 5) is 0. The molecule has 0 atom stereocenters. The Morgan fingerprint density at radius 3 is 2.56 bits per heavy atom. The van der Waals surface area contributed by atoms with Gasteiger partial charge < -0.3 is 10.1 Å². The first kappa shape index (κ1) is 5.30. The lowest BCUT2D eigenvalue weighted by Crippen LogP contribution is -2.43. The Balaban J connectivity index is 2.07. The van der Waals surface area contributed by atoms with Crippen LogP contribution in [0.1, 0.15) is 6.42 Å². The standard InChI is InChI=1S/C7H11NO/c1-6-2-7(3-8-6)4-9-5-7/h8H,1-5H2. The van der Waals surface area contributed by atoms with Crippen molar-refractivity contribution in [3.05, 3.63) is 12.3 Å². The average molecular weight is 125 g/mol. The van der Waals surface area contributed by atoms with Gasteiger partial charge >= 0.3 is 0 Å². The van der Waals surface area contributed by atoms with Gasteiger partial charge in [-0.1, -0.05) is 6.58 Å². The number of rotatable bonds is 0. The second kappa shape index (κ2) is 1.51. The lowest BCUT2D eigenvalue weighted by molar-refractivity contribution is -0.0985. The third-order valence-corrected chi connectivity index (χ3v) is 2.12. The predicted molar refractivity (Wildman–Crippen MR) is 35.0 cm³/mol. The van der Waals surface area contributed by atoms with Gasteiger partial charge in [0.1, 0.15) is 0 Å². The summed E-state index contributed by atoms with van der Waals surface area (Å²) in [7, 11) is 0. The lowest BCUT2D eigenvalue weighted by atomic mass is 9.85. The quantitative estimate of drug-likeness (QED) is 0.509. The molecule has 2 heteroatoms. The molecule has 0 aromatic heterocycles. The molecule has 0 amide bonds. The van der Waals surface area contributed by atoms with Crippen LogP contribution in [0, 0.1) is 5.41 Å². The van der Waals surface area contributed by atoms with Gasteiger partial charge in [0.2, 0.25) is 0 Å². The number of hydrogen-bond acceptors (Lipinski definition) is 2. The van der Waals surface area contributed by atoms with Crippen LogP contribution < -0.4 is 5.32 Å². The topological polar surface area (TPSA) is 21.3 Å². The molecule has 2 aliphatic heterocycles. The molecule has 2 fully saturated rings. The molecule has 2 saturated heterocycles. The van der Waals surface area contributed by atoms with E-state index in [9.17, 15) is 0 Å². The summed E-state index contributed by atoms with van der Waals surface area (Å²) in [5.41, 5.74) is 1.63. The molecule has 2 heterocycles. The Morgan fingerprint density at radius 1 is 1.56 bits per heavy atom. The van der Waals surface area contributed by atoms with E-state index in [1.807, 2.05) is 0 Å². The molecule has 0 bridgehead atoms. The third-order valence-electron chi connectivity index (χ3n) is 2.12. The minimum absolute atomic E-state index is 0.455. The zero-order chi connectivity index (χ0) is 6.32. The number of allylic oxidation sites excluding steroid dienone is 1. The molecule has 9 heavy (non-hydrogen) atoms. The van der Waals surface area contributed by atoms with Crippen molar-refractivity contribution in [3.63, 3.8) is 0 Å². The summed E-state index contributed by atoms with van der Waals surface area (Å²) in [5, 5.41) is 3.24. The fraction of sp³-hybridized carbons (Fsp3) is 0.714. The van der Waals surface area contributed by atoms with E-state index in [1.54, 1.807) is 0 Å². The molecule has 50 valence electrons. The molecular formula is C7H11NO. The summed E-state index contributed by atoms with van der Waals surface area (Å²) in [6.07, 6.45) is 1.12. The van der Waals surface area contributed by atoms with Crippen LogP contribution in [0.5, 0.6) is 0 Å². The highest BCUT2D eigenvalue weighted by atomic mass is 16.5. The SMILES string of the molecule is C=C1CC2(CN1)COC2. The molecule has 1 N–H and O–H groups in total. The third kappa shape index (κ3) is 0.663. The summed E-state index contributed by atoms with van der Waals surface area (Å²) in [6.45, 7) is 6.80. The number of nitrogens with one attached hydrogen (secondary N) is 1. The minimum Gasteiger partial charge on any atom is -0.388 e. The largest absolute Gasteiger partial charge is 0.388 e. The Labute approximate surface area is 54.9 Å². The Kier molecular flexibility index (Phi) is 0.887. The fourth-order valence-electron chi connectivity index (χ4n) is 1.49.